The van der Waals surface area contributed by atoms with Gasteiger partial charge in [0.1, 0.15) is 5.78 Å². The molecule has 4 nitrogen and oxygen atoms in total. The first-order valence-electron chi connectivity index (χ1n) is 8.09. The highest BCUT2D eigenvalue weighted by Gasteiger charge is 2.40. The normalized spacial score (nSPS) is 26.1. The summed E-state index contributed by atoms with van der Waals surface area (Å²) in [5.41, 5.74) is -0.0625. The van der Waals surface area contributed by atoms with E-state index in [1.807, 2.05) is 0 Å². The Hall–Kier alpha value is -0.450. The van der Waals surface area contributed by atoms with Crippen LogP contribution < -0.4 is 5.32 Å². The zero-order valence-corrected chi connectivity index (χ0v) is 13.0. The molecule has 2 heterocycles. The van der Waals surface area contributed by atoms with Gasteiger partial charge in [-0.25, -0.2) is 0 Å². The van der Waals surface area contributed by atoms with Crippen molar-refractivity contribution in [3.8, 4) is 0 Å². The molecule has 2 fully saturated rings. The molecule has 1 N–H and O–H groups in total. The topological polar surface area (TPSA) is 47.6 Å². The van der Waals surface area contributed by atoms with Gasteiger partial charge < -0.3 is 14.8 Å². The Labute approximate surface area is 122 Å². The van der Waals surface area contributed by atoms with Crippen LogP contribution in [0.25, 0.3) is 0 Å². The Morgan fingerprint density at radius 1 is 1.30 bits per heavy atom. The number of hydrogen-bond donors (Lipinski definition) is 1. The van der Waals surface area contributed by atoms with Gasteiger partial charge in [0.05, 0.1) is 5.60 Å². The summed E-state index contributed by atoms with van der Waals surface area (Å²) in [6.07, 6.45) is 5.37. The first-order chi connectivity index (χ1) is 9.61. The fourth-order valence-corrected chi connectivity index (χ4v) is 3.25. The molecule has 1 spiro atoms. The predicted molar refractivity (Wildman–Crippen MR) is 78.8 cm³/mol. The smallest absolute Gasteiger partial charge is 0.136 e. The summed E-state index contributed by atoms with van der Waals surface area (Å²) in [7, 11) is 0. The van der Waals surface area contributed by atoms with Crippen molar-refractivity contribution in [3.05, 3.63) is 0 Å². The molecule has 0 aromatic heterocycles. The highest BCUT2D eigenvalue weighted by Crippen LogP contribution is 2.37. The van der Waals surface area contributed by atoms with Crippen LogP contribution >= 0.6 is 0 Å². The minimum atomic E-state index is -0.0625. The molecule has 4 heteroatoms. The van der Waals surface area contributed by atoms with Gasteiger partial charge in [0.2, 0.25) is 0 Å². The van der Waals surface area contributed by atoms with E-state index in [1.54, 1.807) is 0 Å². The molecule has 1 unspecified atom stereocenters. The van der Waals surface area contributed by atoms with Crippen molar-refractivity contribution in [2.75, 3.05) is 26.4 Å². The number of nitrogens with one attached hydrogen (secondary N) is 1. The molecular formula is C16H29NO3. The van der Waals surface area contributed by atoms with Crippen LogP contribution in [0.3, 0.4) is 0 Å². The lowest BCUT2D eigenvalue weighted by Crippen LogP contribution is -2.45. The largest absolute Gasteiger partial charge is 0.381 e. The molecular weight excluding hydrogens is 254 g/mol. The van der Waals surface area contributed by atoms with E-state index in [9.17, 15) is 4.79 Å². The maximum absolute atomic E-state index is 12.4. The van der Waals surface area contributed by atoms with Crippen LogP contribution in [0.15, 0.2) is 0 Å². The molecule has 2 aliphatic rings. The number of ether oxygens (including phenoxy) is 2. The van der Waals surface area contributed by atoms with E-state index in [2.05, 4.69) is 19.2 Å². The summed E-state index contributed by atoms with van der Waals surface area (Å²) in [4.78, 5) is 12.4. The maximum atomic E-state index is 12.4. The number of hydrogen-bond acceptors (Lipinski definition) is 4. The molecule has 20 heavy (non-hydrogen) atoms. The quantitative estimate of drug-likeness (QED) is 0.760. The molecule has 0 amide bonds. The number of Topliss-reactive ketones (excluding diaryl/α,β-unsaturated/α-hetero) is 1. The third kappa shape index (κ3) is 4.54. The maximum Gasteiger partial charge on any atom is 0.136 e. The van der Waals surface area contributed by atoms with Gasteiger partial charge in [-0.3, -0.25) is 4.79 Å². The van der Waals surface area contributed by atoms with Crippen LogP contribution in [0.2, 0.25) is 0 Å². The minimum Gasteiger partial charge on any atom is -0.381 e. The summed E-state index contributed by atoms with van der Waals surface area (Å²) in [6, 6.07) is 0.499. The summed E-state index contributed by atoms with van der Waals surface area (Å²) >= 11 is 0. The molecule has 0 bridgehead atoms. The molecule has 116 valence electrons. The van der Waals surface area contributed by atoms with E-state index < -0.39 is 0 Å². The lowest BCUT2D eigenvalue weighted by molar-refractivity contribution is -0.157. The summed E-state index contributed by atoms with van der Waals surface area (Å²) in [5.74, 6) is 0.644. The van der Waals surface area contributed by atoms with E-state index >= 15 is 0 Å². The first kappa shape index (κ1) is 15.9. The molecule has 2 aliphatic heterocycles. The van der Waals surface area contributed by atoms with E-state index in [0.717, 1.165) is 58.5 Å². The van der Waals surface area contributed by atoms with Gasteiger partial charge in [0.25, 0.3) is 0 Å². The summed E-state index contributed by atoms with van der Waals surface area (Å²) in [6.45, 7) is 7.50. The molecule has 0 saturated carbocycles. The molecule has 1 atom stereocenters. The van der Waals surface area contributed by atoms with Crippen molar-refractivity contribution < 1.29 is 14.3 Å². The van der Waals surface area contributed by atoms with Gasteiger partial charge in [-0.2, -0.15) is 0 Å². The van der Waals surface area contributed by atoms with Crippen LogP contribution in [-0.2, 0) is 14.3 Å². The van der Waals surface area contributed by atoms with Gasteiger partial charge in [-0.05, 0) is 38.6 Å². The molecule has 2 saturated heterocycles. The third-order valence-electron chi connectivity index (χ3n) is 4.50. The highest BCUT2D eigenvalue weighted by molar-refractivity contribution is 5.81. The number of rotatable bonds is 6. The predicted octanol–water partition coefficient (Wildman–Crippen LogP) is 2.31. The van der Waals surface area contributed by atoms with Crippen molar-refractivity contribution in [3.63, 3.8) is 0 Å². The van der Waals surface area contributed by atoms with Crippen LogP contribution in [0, 0.1) is 5.92 Å². The average Bonchev–Trinajstić information content (AvgIpc) is 2.44. The van der Waals surface area contributed by atoms with Gasteiger partial charge in [0, 0.05) is 38.2 Å². The zero-order valence-electron chi connectivity index (χ0n) is 13.0. The lowest BCUT2D eigenvalue weighted by atomic mass is 9.78. The van der Waals surface area contributed by atoms with Crippen molar-refractivity contribution in [1.82, 2.24) is 5.32 Å². The molecule has 0 aromatic rings. The Kier molecular flexibility index (Phi) is 6.00. The Morgan fingerprint density at radius 2 is 2.05 bits per heavy atom. The van der Waals surface area contributed by atoms with Crippen molar-refractivity contribution in [1.29, 1.82) is 0 Å². The van der Waals surface area contributed by atoms with Gasteiger partial charge in [0.15, 0.2) is 0 Å². The summed E-state index contributed by atoms with van der Waals surface area (Å²) < 4.78 is 11.4. The first-order valence-corrected chi connectivity index (χ1v) is 8.09. The number of ketones is 1. The van der Waals surface area contributed by atoms with Crippen LogP contribution in [0.1, 0.15) is 52.4 Å². The SMILES string of the molecule is CC(C)NCCCC(=O)C1CCOC2(CCOCC2)C1. The average molecular weight is 283 g/mol. The third-order valence-corrected chi connectivity index (χ3v) is 4.50. The highest BCUT2D eigenvalue weighted by atomic mass is 16.5. The standard InChI is InChI=1S/C16H29NO3/c1-13(2)17-8-3-4-15(18)14-5-9-20-16(12-14)6-10-19-11-7-16/h13-14,17H,3-12H2,1-2H3. The Morgan fingerprint density at radius 3 is 2.75 bits per heavy atom. The van der Waals surface area contributed by atoms with E-state index in [0.29, 0.717) is 18.2 Å². The van der Waals surface area contributed by atoms with E-state index in [4.69, 9.17) is 9.47 Å². The summed E-state index contributed by atoms with van der Waals surface area (Å²) in [5, 5.41) is 3.37. The molecule has 0 aromatic carbocycles. The molecule has 0 aliphatic carbocycles. The van der Waals surface area contributed by atoms with Crippen LogP contribution in [0.5, 0.6) is 0 Å². The zero-order chi connectivity index (χ0) is 14.4. The molecule has 0 radical (unpaired) electrons. The second-order valence-corrected chi connectivity index (χ2v) is 6.51. The Balaban J connectivity index is 1.75. The minimum absolute atomic E-state index is 0.0625. The van der Waals surface area contributed by atoms with Crippen LogP contribution in [0.4, 0.5) is 0 Å². The number of carbonyl (C=O) groups excluding carboxylic acids is 1. The second-order valence-electron chi connectivity index (χ2n) is 6.51. The van der Waals surface area contributed by atoms with E-state index in [1.165, 1.54) is 0 Å². The number of carbonyl (C=O) groups is 1. The van der Waals surface area contributed by atoms with Crippen LogP contribution in [-0.4, -0.2) is 43.8 Å². The van der Waals surface area contributed by atoms with Crippen molar-refractivity contribution in [2.24, 2.45) is 5.92 Å². The monoisotopic (exact) mass is 283 g/mol. The van der Waals surface area contributed by atoms with E-state index in [-0.39, 0.29) is 11.5 Å². The van der Waals surface area contributed by atoms with Gasteiger partial charge >= 0.3 is 0 Å². The van der Waals surface area contributed by atoms with Gasteiger partial charge in [-0.1, -0.05) is 13.8 Å². The fraction of sp³-hybridized carbons (Fsp3) is 0.938. The fourth-order valence-electron chi connectivity index (χ4n) is 3.25. The lowest BCUT2D eigenvalue weighted by Gasteiger charge is -2.43. The van der Waals surface area contributed by atoms with Crippen molar-refractivity contribution in [2.45, 2.75) is 64.0 Å². The molecule has 2 rings (SSSR count). The van der Waals surface area contributed by atoms with Crippen molar-refractivity contribution >= 4 is 5.78 Å². The van der Waals surface area contributed by atoms with Gasteiger partial charge in [-0.15, -0.1) is 0 Å². The second kappa shape index (κ2) is 7.53. The Bertz CT molecular complexity index is 305.